The fraction of sp³-hybridized carbons (Fsp3) is 0.412. The maximum Gasteiger partial charge on any atom is 0.255 e. The monoisotopic (exact) mass is 369 g/mol. The van der Waals surface area contributed by atoms with E-state index in [1.165, 1.54) is 7.11 Å². The van der Waals surface area contributed by atoms with Crippen molar-refractivity contribution in [2.45, 2.75) is 17.3 Å². The van der Waals surface area contributed by atoms with E-state index in [-0.39, 0.29) is 13.2 Å². The number of hydrogen-bond donors (Lipinski definition) is 0. The number of halogens is 2. The second-order valence-corrected chi connectivity index (χ2v) is 6.39. The summed E-state index contributed by atoms with van der Waals surface area (Å²) in [6.07, 6.45) is 1.00. The van der Waals surface area contributed by atoms with Gasteiger partial charge < -0.3 is 14.2 Å². The van der Waals surface area contributed by atoms with Crippen molar-refractivity contribution in [3.63, 3.8) is 0 Å². The Balaban J connectivity index is 2.06. The van der Waals surface area contributed by atoms with Gasteiger partial charge in [-0.05, 0) is 17.7 Å². The van der Waals surface area contributed by atoms with Crippen molar-refractivity contribution in [1.29, 1.82) is 0 Å². The van der Waals surface area contributed by atoms with Gasteiger partial charge in [0, 0.05) is 44.4 Å². The van der Waals surface area contributed by atoms with Crippen LogP contribution < -0.4 is 0 Å². The molecule has 0 unspecified atom stereocenters. The van der Waals surface area contributed by atoms with Crippen molar-refractivity contribution in [1.82, 2.24) is 14.5 Å². The zero-order valence-corrected chi connectivity index (χ0v) is 15.0. The lowest BCUT2D eigenvalue weighted by atomic mass is 10.1. The molecule has 1 heterocycles. The SMILES string of the molecule is COCCN(CC(F)F)C(=O)c1cccc(CSc2nccn2C)c1. The van der Waals surface area contributed by atoms with E-state index in [1.54, 1.807) is 36.2 Å². The van der Waals surface area contributed by atoms with Crippen LogP contribution in [0.3, 0.4) is 0 Å². The lowest BCUT2D eigenvalue weighted by Gasteiger charge is -2.22. The molecule has 136 valence electrons. The Kier molecular flexibility index (Phi) is 7.39. The number of alkyl halides is 2. The molecule has 1 aromatic carbocycles. The normalized spacial score (nSPS) is 11.1. The largest absolute Gasteiger partial charge is 0.383 e. The molecule has 1 aromatic heterocycles. The molecule has 0 aliphatic rings. The third-order valence-corrected chi connectivity index (χ3v) is 4.66. The number of methoxy groups -OCH3 is 1. The highest BCUT2D eigenvalue weighted by atomic mass is 32.2. The number of thioether (sulfide) groups is 1. The van der Waals surface area contributed by atoms with Gasteiger partial charge in [-0.2, -0.15) is 0 Å². The van der Waals surface area contributed by atoms with Gasteiger partial charge in [-0.25, -0.2) is 13.8 Å². The van der Waals surface area contributed by atoms with Crippen LogP contribution >= 0.6 is 11.8 Å². The molecule has 2 rings (SSSR count). The number of ether oxygens (including phenoxy) is 1. The Morgan fingerprint density at radius 2 is 2.24 bits per heavy atom. The van der Waals surface area contributed by atoms with Crippen molar-refractivity contribution in [3.8, 4) is 0 Å². The van der Waals surface area contributed by atoms with Crippen LogP contribution in [0.5, 0.6) is 0 Å². The molecule has 1 amide bonds. The van der Waals surface area contributed by atoms with Crippen LogP contribution in [0.1, 0.15) is 15.9 Å². The van der Waals surface area contributed by atoms with E-state index < -0.39 is 18.9 Å². The predicted octanol–water partition coefficient (Wildman–Crippen LogP) is 3.07. The summed E-state index contributed by atoms with van der Waals surface area (Å²) >= 11 is 1.55. The van der Waals surface area contributed by atoms with Crippen LogP contribution in [0.4, 0.5) is 8.78 Å². The zero-order valence-electron chi connectivity index (χ0n) is 14.2. The zero-order chi connectivity index (χ0) is 18.2. The van der Waals surface area contributed by atoms with Gasteiger partial charge in [-0.1, -0.05) is 23.9 Å². The summed E-state index contributed by atoms with van der Waals surface area (Å²) in [7, 11) is 3.38. The minimum absolute atomic E-state index is 0.131. The second-order valence-electron chi connectivity index (χ2n) is 5.44. The molecule has 0 N–H and O–H groups in total. The fourth-order valence-corrected chi connectivity index (χ4v) is 3.13. The Morgan fingerprint density at radius 1 is 1.44 bits per heavy atom. The number of carbonyl (C=O) groups excluding carboxylic acids is 1. The summed E-state index contributed by atoms with van der Waals surface area (Å²) in [5.74, 6) is 0.222. The predicted molar refractivity (Wildman–Crippen MR) is 93.0 cm³/mol. The summed E-state index contributed by atoms with van der Waals surface area (Å²) in [6, 6.07) is 7.05. The van der Waals surface area contributed by atoms with E-state index in [9.17, 15) is 13.6 Å². The van der Waals surface area contributed by atoms with E-state index in [0.717, 1.165) is 15.6 Å². The minimum atomic E-state index is -2.58. The van der Waals surface area contributed by atoms with Gasteiger partial charge in [-0.15, -0.1) is 0 Å². The first-order chi connectivity index (χ1) is 12.0. The molecule has 0 radical (unpaired) electrons. The number of rotatable bonds is 9. The van der Waals surface area contributed by atoms with Crippen molar-refractivity contribution < 1.29 is 18.3 Å². The number of imidazole rings is 1. The highest BCUT2D eigenvalue weighted by Gasteiger charge is 2.19. The van der Waals surface area contributed by atoms with E-state index >= 15 is 0 Å². The Bertz CT molecular complexity index is 694. The molecule has 0 spiro atoms. The summed E-state index contributed by atoms with van der Waals surface area (Å²) in [6.45, 7) is -0.256. The van der Waals surface area contributed by atoms with Crippen LogP contribution in [-0.2, 0) is 17.5 Å². The average molecular weight is 369 g/mol. The molecular formula is C17H21F2N3O2S. The van der Waals surface area contributed by atoms with Crippen LogP contribution in [0, 0.1) is 0 Å². The topological polar surface area (TPSA) is 47.4 Å². The Labute approximate surface area is 150 Å². The van der Waals surface area contributed by atoms with E-state index in [4.69, 9.17) is 4.74 Å². The molecule has 0 aliphatic heterocycles. The van der Waals surface area contributed by atoms with Crippen LogP contribution in [0.25, 0.3) is 0 Å². The van der Waals surface area contributed by atoms with Crippen molar-refractivity contribution in [2.75, 3.05) is 26.8 Å². The summed E-state index contributed by atoms with van der Waals surface area (Å²) < 4.78 is 32.3. The van der Waals surface area contributed by atoms with E-state index in [2.05, 4.69) is 4.98 Å². The smallest absolute Gasteiger partial charge is 0.255 e. The molecule has 0 atom stereocenters. The third-order valence-electron chi connectivity index (χ3n) is 3.53. The summed E-state index contributed by atoms with van der Waals surface area (Å²) in [4.78, 5) is 17.9. The number of aromatic nitrogens is 2. The average Bonchev–Trinajstić information content (AvgIpc) is 3.01. The van der Waals surface area contributed by atoms with E-state index in [1.807, 2.05) is 23.9 Å². The maximum atomic E-state index is 12.7. The number of hydrogen-bond acceptors (Lipinski definition) is 4. The van der Waals surface area contributed by atoms with Crippen molar-refractivity contribution in [3.05, 3.63) is 47.8 Å². The number of amides is 1. The Hall–Kier alpha value is -1.93. The molecule has 2 aromatic rings. The van der Waals surface area contributed by atoms with Gasteiger partial charge in [0.1, 0.15) is 0 Å². The molecule has 0 saturated carbocycles. The second kappa shape index (κ2) is 9.53. The molecule has 5 nitrogen and oxygen atoms in total. The molecule has 8 heteroatoms. The molecular weight excluding hydrogens is 348 g/mol. The fourth-order valence-electron chi connectivity index (χ4n) is 2.26. The summed E-state index contributed by atoms with van der Waals surface area (Å²) in [5.41, 5.74) is 1.33. The first-order valence-electron chi connectivity index (χ1n) is 7.76. The molecule has 25 heavy (non-hydrogen) atoms. The third kappa shape index (κ3) is 5.82. The van der Waals surface area contributed by atoms with Gasteiger partial charge in [0.2, 0.25) is 0 Å². The number of benzene rings is 1. The van der Waals surface area contributed by atoms with Crippen molar-refractivity contribution in [2.24, 2.45) is 7.05 Å². The number of nitrogens with zero attached hydrogens (tertiary/aromatic N) is 3. The quantitative estimate of drug-likeness (QED) is 0.638. The van der Waals surface area contributed by atoms with Gasteiger partial charge in [-0.3, -0.25) is 4.79 Å². The van der Waals surface area contributed by atoms with Gasteiger partial charge in [0.15, 0.2) is 5.16 Å². The Morgan fingerprint density at radius 3 is 2.88 bits per heavy atom. The van der Waals surface area contributed by atoms with Crippen LogP contribution in [-0.4, -0.2) is 53.6 Å². The maximum absolute atomic E-state index is 12.7. The van der Waals surface area contributed by atoms with Gasteiger partial charge in [0.05, 0.1) is 13.2 Å². The first-order valence-corrected chi connectivity index (χ1v) is 8.75. The van der Waals surface area contributed by atoms with Crippen LogP contribution in [0.15, 0.2) is 41.8 Å². The molecule has 0 bridgehead atoms. The number of carbonyl (C=O) groups is 1. The minimum Gasteiger partial charge on any atom is -0.383 e. The van der Waals surface area contributed by atoms with E-state index in [0.29, 0.717) is 11.3 Å². The highest BCUT2D eigenvalue weighted by molar-refractivity contribution is 7.98. The first kappa shape index (κ1) is 19.4. The lowest BCUT2D eigenvalue weighted by molar-refractivity contribution is 0.0478. The number of aryl methyl sites for hydroxylation is 1. The van der Waals surface area contributed by atoms with Crippen LogP contribution in [0.2, 0.25) is 0 Å². The highest BCUT2D eigenvalue weighted by Crippen LogP contribution is 2.21. The molecule has 0 aliphatic carbocycles. The van der Waals surface area contributed by atoms with Gasteiger partial charge >= 0.3 is 0 Å². The van der Waals surface area contributed by atoms with Crippen molar-refractivity contribution >= 4 is 17.7 Å². The summed E-state index contributed by atoms with van der Waals surface area (Å²) in [5, 5.41) is 0.871. The molecule has 0 fully saturated rings. The lowest BCUT2D eigenvalue weighted by Crippen LogP contribution is -2.37. The molecule has 0 saturated heterocycles. The standard InChI is InChI=1S/C17H21F2N3O2S/c1-21-7-6-20-17(21)25-12-13-4-3-5-14(10-13)16(23)22(8-9-24-2)11-15(18)19/h3-7,10,15H,8-9,11-12H2,1-2H3. The van der Waals surface area contributed by atoms with Gasteiger partial charge in [0.25, 0.3) is 12.3 Å².